The predicted molar refractivity (Wildman–Crippen MR) is 87.5 cm³/mol. The van der Waals surface area contributed by atoms with Gasteiger partial charge in [-0.15, -0.1) is 0 Å². The maximum absolute atomic E-state index is 12.5. The molecule has 2 saturated carbocycles. The van der Waals surface area contributed by atoms with Gasteiger partial charge in [0.05, 0.1) is 5.25 Å². The minimum Gasteiger partial charge on any atom is -0.338 e. The molecule has 3 fully saturated rings. The molecule has 4 rings (SSSR count). The number of benzene rings is 1. The van der Waals surface area contributed by atoms with Crippen molar-refractivity contribution in [3.63, 3.8) is 0 Å². The van der Waals surface area contributed by atoms with Gasteiger partial charge in [-0.2, -0.15) is 0 Å². The monoisotopic (exact) mass is 334 g/mol. The first-order valence-corrected chi connectivity index (χ1v) is 9.88. The third-order valence-corrected chi connectivity index (χ3v) is 7.41. The summed E-state index contributed by atoms with van der Waals surface area (Å²) in [5.74, 6) is 0.0875. The largest absolute Gasteiger partial charge is 0.338 e. The van der Waals surface area contributed by atoms with Crippen LogP contribution in [0.5, 0.6) is 0 Å². The Balaban J connectivity index is 1.34. The lowest BCUT2D eigenvalue weighted by Crippen LogP contribution is -2.52. The molecule has 1 saturated heterocycles. The first-order valence-electron chi connectivity index (χ1n) is 8.33. The number of likely N-dealkylation sites (tertiary alicyclic amines) is 1. The first kappa shape index (κ1) is 15.1. The maximum atomic E-state index is 12.5. The van der Waals surface area contributed by atoms with Gasteiger partial charge in [-0.1, -0.05) is 18.2 Å². The first-order chi connectivity index (χ1) is 11.0. The van der Waals surface area contributed by atoms with Crippen molar-refractivity contribution in [3.8, 4) is 0 Å². The molecule has 1 N–H and O–H groups in total. The summed E-state index contributed by atoms with van der Waals surface area (Å²) < 4.78 is 26.8. The van der Waals surface area contributed by atoms with E-state index in [1.54, 1.807) is 0 Å². The normalized spacial score (nSPS) is 30.4. The van der Waals surface area contributed by atoms with Gasteiger partial charge in [0.2, 0.25) is 10.0 Å². The van der Waals surface area contributed by atoms with Crippen molar-refractivity contribution in [2.75, 3.05) is 13.1 Å². The van der Waals surface area contributed by atoms with Crippen molar-refractivity contribution in [2.24, 2.45) is 5.41 Å². The summed E-state index contributed by atoms with van der Waals surface area (Å²) in [7, 11) is -3.10. The summed E-state index contributed by atoms with van der Waals surface area (Å²) >= 11 is 0. The van der Waals surface area contributed by atoms with E-state index >= 15 is 0 Å². The highest BCUT2D eigenvalue weighted by atomic mass is 32.2. The van der Waals surface area contributed by atoms with Crippen molar-refractivity contribution in [3.05, 3.63) is 35.9 Å². The number of amides is 1. The molecule has 1 aliphatic heterocycles. The van der Waals surface area contributed by atoms with Gasteiger partial charge in [0.25, 0.3) is 5.91 Å². The van der Waals surface area contributed by atoms with Crippen LogP contribution in [0.2, 0.25) is 0 Å². The van der Waals surface area contributed by atoms with E-state index in [1.807, 2.05) is 35.2 Å². The number of nitrogens with one attached hydrogen (secondary N) is 1. The SMILES string of the molecule is O=C(c1ccccc1)N1CCC2(CC(NS(=O)(=O)C3CC3)C2)C1. The number of carbonyl (C=O) groups is 1. The molecule has 0 unspecified atom stereocenters. The van der Waals surface area contributed by atoms with Crippen molar-refractivity contribution >= 4 is 15.9 Å². The third kappa shape index (κ3) is 2.90. The fourth-order valence-electron chi connectivity index (χ4n) is 3.98. The van der Waals surface area contributed by atoms with Gasteiger partial charge in [-0.3, -0.25) is 4.79 Å². The lowest BCUT2D eigenvalue weighted by Gasteiger charge is -2.45. The molecular weight excluding hydrogens is 312 g/mol. The Labute approximate surface area is 137 Å². The van der Waals surface area contributed by atoms with Crippen molar-refractivity contribution in [1.29, 1.82) is 0 Å². The van der Waals surface area contributed by atoms with Gasteiger partial charge < -0.3 is 4.90 Å². The number of rotatable bonds is 4. The molecule has 1 aromatic carbocycles. The molecule has 0 bridgehead atoms. The molecule has 0 aromatic heterocycles. The van der Waals surface area contributed by atoms with Gasteiger partial charge in [0.15, 0.2) is 0 Å². The quantitative estimate of drug-likeness (QED) is 0.912. The van der Waals surface area contributed by atoms with Gasteiger partial charge in [0.1, 0.15) is 0 Å². The maximum Gasteiger partial charge on any atom is 0.253 e. The molecule has 1 spiro atoms. The molecular formula is C17H22N2O3S. The van der Waals surface area contributed by atoms with Crippen molar-refractivity contribution < 1.29 is 13.2 Å². The molecule has 1 aromatic rings. The van der Waals surface area contributed by atoms with E-state index in [0.29, 0.717) is 0 Å². The van der Waals surface area contributed by atoms with Crippen LogP contribution >= 0.6 is 0 Å². The molecule has 6 heteroatoms. The zero-order valence-electron chi connectivity index (χ0n) is 13.1. The zero-order valence-corrected chi connectivity index (χ0v) is 13.9. The number of carbonyl (C=O) groups excluding carboxylic acids is 1. The van der Waals surface area contributed by atoms with Gasteiger partial charge >= 0.3 is 0 Å². The van der Waals surface area contributed by atoms with Crippen LogP contribution in [0, 0.1) is 5.41 Å². The van der Waals surface area contributed by atoms with Crippen LogP contribution in [0.1, 0.15) is 42.5 Å². The van der Waals surface area contributed by atoms with Crippen LogP contribution < -0.4 is 4.72 Å². The molecule has 23 heavy (non-hydrogen) atoms. The number of nitrogens with zero attached hydrogens (tertiary/aromatic N) is 1. The van der Waals surface area contributed by atoms with Gasteiger partial charge in [0, 0.05) is 24.7 Å². The molecule has 124 valence electrons. The van der Waals surface area contributed by atoms with E-state index in [2.05, 4.69) is 4.72 Å². The minimum atomic E-state index is -3.10. The second-order valence-corrected chi connectivity index (χ2v) is 9.30. The summed E-state index contributed by atoms with van der Waals surface area (Å²) in [5.41, 5.74) is 0.858. The van der Waals surface area contributed by atoms with Crippen molar-refractivity contribution in [1.82, 2.24) is 9.62 Å². The smallest absolute Gasteiger partial charge is 0.253 e. The van der Waals surface area contributed by atoms with Crippen LogP contribution in [0.15, 0.2) is 30.3 Å². The molecule has 2 aliphatic carbocycles. The Bertz CT molecular complexity index is 707. The molecule has 1 heterocycles. The molecule has 0 atom stereocenters. The highest BCUT2D eigenvalue weighted by Gasteiger charge is 2.51. The van der Waals surface area contributed by atoms with Gasteiger partial charge in [-0.25, -0.2) is 13.1 Å². The highest BCUT2D eigenvalue weighted by molar-refractivity contribution is 7.90. The summed E-state index contributed by atoms with van der Waals surface area (Å²) in [5, 5.41) is -0.154. The molecule has 0 radical (unpaired) electrons. The van der Waals surface area contributed by atoms with E-state index < -0.39 is 10.0 Å². The standard InChI is InChI=1S/C17H22N2O3S/c20-16(13-4-2-1-3-5-13)19-9-8-17(12-19)10-14(11-17)18-23(21,22)15-6-7-15/h1-5,14-15,18H,6-12H2. The lowest BCUT2D eigenvalue weighted by molar-refractivity contribution is 0.0688. The topological polar surface area (TPSA) is 66.5 Å². The minimum absolute atomic E-state index is 0.0624. The molecule has 3 aliphatic rings. The summed E-state index contributed by atoms with van der Waals surface area (Å²) in [6, 6.07) is 9.43. The van der Waals surface area contributed by atoms with E-state index in [4.69, 9.17) is 0 Å². The third-order valence-electron chi connectivity index (χ3n) is 5.40. The van der Waals surface area contributed by atoms with Crippen LogP contribution in [0.3, 0.4) is 0 Å². The average molecular weight is 334 g/mol. The van der Waals surface area contributed by atoms with E-state index in [0.717, 1.165) is 50.8 Å². The van der Waals surface area contributed by atoms with Crippen LogP contribution in [-0.4, -0.2) is 43.6 Å². The van der Waals surface area contributed by atoms with E-state index in [1.165, 1.54) is 0 Å². The number of hydrogen-bond acceptors (Lipinski definition) is 3. The number of sulfonamides is 1. The second kappa shape index (κ2) is 5.31. The van der Waals surface area contributed by atoms with Crippen molar-refractivity contribution in [2.45, 2.75) is 43.4 Å². The zero-order chi connectivity index (χ0) is 16.1. The Morgan fingerprint density at radius 3 is 2.52 bits per heavy atom. The second-order valence-electron chi connectivity index (χ2n) is 7.31. The fourth-order valence-corrected chi connectivity index (χ4v) is 5.56. The highest BCUT2D eigenvalue weighted by Crippen LogP contribution is 2.49. The Kier molecular flexibility index (Phi) is 3.50. The lowest BCUT2D eigenvalue weighted by atomic mass is 9.65. The number of hydrogen-bond donors (Lipinski definition) is 1. The summed E-state index contributed by atoms with van der Waals surface area (Å²) in [6.07, 6.45) is 4.29. The predicted octanol–water partition coefficient (Wildman–Crippen LogP) is 1.76. The fraction of sp³-hybridized carbons (Fsp3) is 0.588. The van der Waals surface area contributed by atoms with Gasteiger partial charge in [-0.05, 0) is 49.7 Å². The Morgan fingerprint density at radius 2 is 1.87 bits per heavy atom. The molecule has 5 nitrogen and oxygen atoms in total. The van der Waals surface area contributed by atoms with E-state index in [-0.39, 0.29) is 22.6 Å². The summed E-state index contributed by atoms with van der Waals surface area (Å²) in [6.45, 7) is 1.53. The molecule has 1 amide bonds. The summed E-state index contributed by atoms with van der Waals surface area (Å²) in [4.78, 5) is 14.4. The van der Waals surface area contributed by atoms with Crippen LogP contribution in [0.4, 0.5) is 0 Å². The van der Waals surface area contributed by atoms with Crippen LogP contribution in [-0.2, 0) is 10.0 Å². The van der Waals surface area contributed by atoms with E-state index in [9.17, 15) is 13.2 Å². The average Bonchev–Trinajstić information content (AvgIpc) is 3.28. The van der Waals surface area contributed by atoms with Crippen LogP contribution in [0.25, 0.3) is 0 Å². The Morgan fingerprint density at radius 1 is 1.17 bits per heavy atom. The Hall–Kier alpha value is -1.40.